The molecule has 24 heavy (non-hydrogen) atoms. The summed E-state index contributed by atoms with van der Waals surface area (Å²) in [4.78, 5) is 43.7. The van der Waals surface area contributed by atoms with Crippen LogP contribution in [0.5, 0.6) is 0 Å². The molecular weight excluding hydrogens is 314 g/mol. The number of carbonyl (C=O) groups is 4. The second-order valence-corrected chi connectivity index (χ2v) is 5.01. The third-order valence-electron chi connectivity index (χ3n) is 2.94. The average molecular weight is 335 g/mol. The van der Waals surface area contributed by atoms with E-state index in [1.807, 2.05) is 0 Å². The summed E-state index contributed by atoms with van der Waals surface area (Å²) in [5.41, 5.74) is 6.42. The van der Waals surface area contributed by atoms with Crippen LogP contribution in [0.3, 0.4) is 0 Å². The van der Waals surface area contributed by atoms with Gasteiger partial charge in [0.05, 0.1) is 0 Å². The fraction of sp³-hybridized carbons (Fsp3) is 0.375. The van der Waals surface area contributed by atoms with E-state index in [1.54, 1.807) is 24.3 Å². The molecule has 1 aromatic carbocycles. The van der Waals surface area contributed by atoms with Crippen LogP contribution in [0, 0.1) is 0 Å². The van der Waals surface area contributed by atoms with Crippen LogP contribution >= 0.6 is 0 Å². The van der Waals surface area contributed by atoms with Crippen molar-refractivity contribution in [2.75, 3.05) is 25.1 Å². The van der Waals surface area contributed by atoms with Crippen LogP contribution in [0.25, 0.3) is 0 Å². The monoisotopic (exact) mass is 335 g/mol. The molecule has 0 saturated carbocycles. The Labute approximate surface area is 139 Å². The SMILES string of the molecule is NC(=O)COCC(=O)Nc1ccc(CCC(=O)NCCC=O)cc1. The molecule has 1 rings (SSSR count). The van der Waals surface area contributed by atoms with Crippen molar-refractivity contribution in [2.45, 2.75) is 19.3 Å². The first kappa shape index (κ1) is 19.3. The van der Waals surface area contributed by atoms with Gasteiger partial charge in [0.1, 0.15) is 19.5 Å². The molecular formula is C16H21N3O5. The molecule has 0 bridgehead atoms. The summed E-state index contributed by atoms with van der Waals surface area (Å²) in [7, 11) is 0. The maximum absolute atomic E-state index is 11.6. The zero-order valence-corrected chi connectivity index (χ0v) is 13.2. The molecule has 0 radical (unpaired) electrons. The van der Waals surface area contributed by atoms with E-state index in [-0.39, 0.29) is 19.1 Å². The lowest BCUT2D eigenvalue weighted by atomic mass is 10.1. The van der Waals surface area contributed by atoms with Gasteiger partial charge in [0.2, 0.25) is 17.7 Å². The van der Waals surface area contributed by atoms with E-state index in [0.717, 1.165) is 11.8 Å². The summed E-state index contributed by atoms with van der Waals surface area (Å²) >= 11 is 0. The van der Waals surface area contributed by atoms with Crippen LogP contribution in [0.15, 0.2) is 24.3 Å². The third kappa shape index (κ3) is 8.64. The molecule has 8 heteroatoms. The largest absolute Gasteiger partial charge is 0.368 e. The van der Waals surface area contributed by atoms with Gasteiger partial charge in [-0.15, -0.1) is 0 Å². The minimum Gasteiger partial charge on any atom is -0.368 e. The van der Waals surface area contributed by atoms with Gasteiger partial charge < -0.3 is 25.9 Å². The van der Waals surface area contributed by atoms with Crippen molar-refractivity contribution in [3.63, 3.8) is 0 Å². The third-order valence-corrected chi connectivity index (χ3v) is 2.94. The lowest BCUT2D eigenvalue weighted by Crippen LogP contribution is -2.24. The van der Waals surface area contributed by atoms with E-state index in [2.05, 4.69) is 10.6 Å². The fourth-order valence-corrected chi connectivity index (χ4v) is 1.81. The quantitative estimate of drug-likeness (QED) is 0.380. The van der Waals surface area contributed by atoms with Gasteiger partial charge in [-0.05, 0) is 24.1 Å². The molecule has 0 saturated heterocycles. The second-order valence-electron chi connectivity index (χ2n) is 5.01. The highest BCUT2D eigenvalue weighted by atomic mass is 16.5. The molecule has 130 valence electrons. The molecule has 4 N–H and O–H groups in total. The Morgan fingerprint density at radius 1 is 1.08 bits per heavy atom. The fourth-order valence-electron chi connectivity index (χ4n) is 1.81. The van der Waals surface area contributed by atoms with Crippen LogP contribution in [-0.2, 0) is 30.3 Å². The Kier molecular flexibility index (Phi) is 8.77. The number of aldehydes is 1. The minimum atomic E-state index is -0.637. The summed E-state index contributed by atoms with van der Waals surface area (Å²) < 4.78 is 4.81. The molecule has 0 atom stereocenters. The van der Waals surface area contributed by atoms with Crippen LogP contribution in [0.1, 0.15) is 18.4 Å². The van der Waals surface area contributed by atoms with Crippen LogP contribution in [0.2, 0.25) is 0 Å². The highest BCUT2D eigenvalue weighted by Crippen LogP contribution is 2.11. The van der Waals surface area contributed by atoms with Gasteiger partial charge >= 0.3 is 0 Å². The van der Waals surface area contributed by atoms with E-state index in [1.165, 1.54) is 0 Å². The number of rotatable bonds is 11. The van der Waals surface area contributed by atoms with Crippen molar-refractivity contribution in [1.82, 2.24) is 5.32 Å². The molecule has 0 aliphatic carbocycles. The summed E-state index contributed by atoms with van der Waals surface area (Å²) in [6.45, 7) is -0.210. The molecule has 0 aliphatic heterocycles. The minimum absolute atomic E-state index is 0.110. The van der Waals surface area contributed by atoms with Crippen LogP contribution < -0.4 is 16.4 Å². The van der Waals surface area contributed by atoms with Crippen molar-refractivity contribution in [3.05, 3.63) is 29.8 Å². The van der Waals surface area contributed by atoms with Gasteiger partial charge in [0, 0.05) is 25.1 Å². The normalized spacial score (nSPS) is 10.0. The highest BCUT2D eigenvalue weighted by molar-refractivity contribution is 5.91. The van der Waals surface area contributed by atoms with Crippen molar-refractivity contribution >= 4 is 29.7 Å². The van der Waals surface area contributed by atoms with E-state index in [0.29, 0.717) is 31.5 Å². The molecule has 0 unspecified atom stereocenters. The van der Waals surface area contributed by atoms with Gasteiger partial charge in [0.15, 0.2) is 0 Å². The molecule has 0 spiro atoms. The van der Waals surface area contributed by atoms with E-state index >= 15 is 0 Å². The maximum atomic E-state index is 11.6. The maximum Gasteiger partial charge on any atom is 0.250 e. The lowest BCUT2D eigenvalue weighted by molar-refractivity contribution is -0.126. The first-order valence-electron chi connectivity index (χ1n) is 7.46. The zero-order valence-electron chi connectivity index (χ0n) is 13.2. The highest BCUT2D eigenvalue weighted by Gasteiger charge is 2.05. The number of carbonyl (C=O) groups excluding carboxylic acids is 4. The first-order chi connectivity index (χ1) is 11.5. The Bertz CT molecular complexity index is 572. The molecule has 3 amide bonds. The summed E-state index contributed by atoms with van der Waals surface area (Å²) in [5.74, 6) is -1.14. The number of nitrogens with one attached hydrogen (secondary N) is 2. The van der Waals surface area contributed by atoms with Gasteiger partial charge in [0.25, 0.3) is 0 Å². The first-order valence-corrected chi connectivity index (χ1v) is 7.46. The smallest absolute Gasteiger partial charge is 0.250 e. The standard InChI is InChI=1S/C16H21N3O5/c17-14(21)10-24-11-16(23)19-13-5-2-12(3-6-13)4-7-15(22)18-8-1-9-20/h2-3,5-6,9H,1,4,7-8,10-11H2,(H2,17,21)(H,18,22)(H,19,23). The number of anilines is 1. The number of benzene rings is 1. The average Bonchev–Trinajstić information content (AvgIpc) is 2.54. The van der Waals surface area contributed by atoms with Crippen molar-refractivity contribution in [3.8, 4) is 0 Å². The Balaban J connectivity index is 2.32. The number of amides is 3. The molecule has 0 fully saturated rings. The summed E-state index contributed by atoms with van der Waals surface area (Å²) in [6, 6.07) is 7.04. The second kappa shape index (κ2) is 10.9. The molecule has 0 aromatic heterocycles. The number of hydrogen-bond acceptors (Lipinski definition) is 5. The molecule has 0 aliphatic rings. The number of aryl methyl sites for hydroxylation is 1. The topological polar surface area (TPSA) is 128 Å². The predicted molar refractivity (Wildman–Crippen MR) is 87.1 cm³/mol. The van der Waals surface area contributed by atoms with Crippen molar-refractivity contribution in [2.24, 2.45) is 5.73 Å². The van der Waals surface area contributed by atoms with Crippen molar-refractivity contribution in [1.29, 1.82) is 0 Å². The Morgan fingerprint density at radius 3 is 2.42 bits per heavy atom. The van der Waals surface area contributed by atoms with E-state index < -0.39 is 11.8 Å². The summed E-state index contributed by atoms with van der Waals surface area (Å²) in [6.07, 6.45) is 1.95. The number of primary amides is 1. The predicted octanol–water partition coefficient (Wildman–Crippen LogP) is -0.235. The van der Waals surface area contributed by atoms with E-state index in [9.17, 15) is 19.2 Å². The van der Waals surface area contributed by atoms with Gasteiger partial charge in [-0.25, -0.2) is 0 Å². The Hall–Kier alpha value is -2.74. The molecule has 1 aromatic rings. The molecule has 0 heterocycles. The van der Waals surface area contributed by atoms with Gasteiger partial charge in [-0.1, -0.05) is 12.1 Å². The van der Waals surface area contributed by atoms with E-state index in [4.69, 9.17) is 10.5 Å². The van der Waals surface area contributed by atoms with Crippen LogP contribution in [-0.4, -0.2) is 43.8 Å². The number of ether oxygens (including phenoxy) is 1. The van der Waals surface area contributed by atoms with Gasteiger partial charge in [-0.2, -0.15) is 0 Å². The number of hydrogen-bond donors (Lipinski definition) is 3. The number of nitrogens with two attached hydrogens (primary N) is 1. The van der Waals surface area contributed by atoms with Crippen molar-refractivity contribution < 1.29 is 23.9 Å². The van der Waals surface area contributed by atoms with Gasteiger partial charge in [-0.3, -0.25) is 14.4 Å². The zero-order chi connectivity index (χ0) is 17.8. The summed E-state index contributed by atoms with van der Waals surface area (Å²) in [5, 5.41) is 5.26. The lowest BCUT2D eigenvalue weighted by Gasteiger charge is -2.07. The Morgan fingerprint density at radius 2 is 1.79 bits per heavy atom. The molecule has 8 nitrogen and oxygen atoms in total. The van der Waals surface area contributed by atoms with Crippen LogP contribution in [0.4, 0.5) is 5.69 Å².